The van der Waals surface area contributed by atoms with Crippen molar-refractivity contribution >= 4 is 40.6 Å². The van der Waals surface area contributed by atoms with Gasteiger partial charge in [-0.15, -0.1) is 22.7 Å². The molecule has 0 bridgehead atoms. The Labute approximate surface area is 218 Å². The van der Waals surface area contributed by atoms with Gasteiger partial charge < -0.3 is 24.4 Å². The largest absolute Gasteiger partial charge is 0.464 e. The van der Waals surface area contributed by atoms with Crippen molar-refractivity contribution in [2.24, 2.45) is 11.8 Å². The number of esters is 3. The first-order valence-electron chi connectivity index (χ1n) is 11.8. The predicted octanol–water partition coefficient (Wildman–Crippen LogP) is 4.09. The van der Waals surface area contributed by atoms with Gasteiger partial charge in [0.15, 0.2) is 17.5 Å². The summed E-state index contributed by atoms with van der Waals surface area (Å²) in [6, 6.07) is 0. The van der Waals surface area contributed by atoms with Crippen LogP contribution in [-0.4, -0.2) is 57.9 Å². The van der Waals surface area contributed by atoms with Gasteiger partial charge in [-0.3, -0.25) is 4.79 Å². The normalized spacial score (nSPS) is 14.7. The molecular weight excluding hydrogens is 508 g/mol. The maximum Gasteiger partial charge on any atom is 0.358 e. The predicted molar refractivity (Wildman–Crippen MR) is 134 cm³/mol. The lowest BCUT2D eigenvalue weighted by atomic mass is 9.98. The molecule has 2 aromatic heterocycles. The van der Waals surface area contributed by atoms with Crippen LogP contribution in [0.15, 0.2) is 10.8 Å². The summed E-state index contributed by atoms with van der Waals surface area (Å²) < 4.78 is 16.2. The lowest BCUT2D eigenvalue weighted by Crippen LogP contribution is -2.33. The Kier molecular flexibility index (Phi) is 11.9. The molecule has 2 aromatic rings. The fraction of sp³-hybridized carbons (Fsp3) is 0.625. The van der Waals surface area contributed by atoms with E-state index in [4.69, 9.17) is 19.3 Å². The Bertz CT molecular complexity index is 1010. The zero-order valence-electron chi connectivity index (χ0n) is 21.1. The van der Waals surface area contributed by atoms with Gasteiger partial charge in [-0.2, -0.15) is 0 Å². The molecule has 0 radical (unpaired) electrons. The first-order valence-corrected chi connectivity index (χ1v) is 13.6. The number of unbranched alkanes of at least 4 members (excludes halogenated alkanes) is 2. The molecule has 0 spiro atoms. The van der Waals surface area contributed by atoms with Gasteiger partial charge >= 0.3 is 17.9 Å². The maximum absolute atomic E-state index is 13.1. The number of nitrogens with zero attached hydrogens (tertiary/aromatic N) is 2. The van der Waals surface area contributed by atoms with Crippen LogP contribution < -0.4 is 0 Å². The fourth-order valence-corrected chi connectivity index (χ4v) is 5.04. The molecule has 4 atom stereocenters. The van der Waals surface area contributed by atoms with Gasteiger partial charge in [-0.1, -0.05) is 33.6 Å². The van der Waals surface area contributed by atoms with E-state index in [9.17, 15) is 19.5 Å². The van der Waals surface area contributed by atoms with Crippen molar-refractivity contribution in [3.63, 3.8) is 0 Å². The first-order chi connectivity index (χ1) is 17.1. The summed E-state index contributed by atoms with van der Waals surface area (Å²) in [6.45, 7) is 6.93. The number of carbonyl (C=O) groups is 3. The van der Waals surface area contributed by atoms with E-state index in [1.54, 1.807) is 12.3 Å². The number of aliphatic hydroxyl groups is 2. The number of aliphatic hydroxyl groups excluding tert-OH is 2. The summed E-state index contributed by atoms with van der Waals surface area (Å²) in [5.74, 6) is -2.72. The van der Waals surface area contributed by atoms with Crippen LogP contribution in [0.4, 0.5) is 0 Å². The zero-order valence-corrected chi connectivity index (χ0v) is 22.8. The Balaban J connectivity index is 2.16. The van der Waals surface area contributed by atoms with E-state index in [1.165, 1.54) is 23.8 Å². The summed E-state index contributed by atoms with van der Waals surface area (Å²) in [5.41, 5.74) is 0.148. The van der Waals surface area contributed by atoms with E-state index in [2.05, 4.69) is 9.97 Å². The summed E-state index contributed by atoms with van der Waals surface area (Å²) in [6.07, 6.45) is 0.460. The number of hydrogen-bond donors (Lipinski definition) is 2. The average molecular weight is 543 g/mol. The zero-order chi connectivity index (χ0) is 26.8. The first kappa shape index (κ1) is 29.8. The van der Waals surface area contributed by atoms with Gasteiger partial charge in [0.2, 0.25) is 0 Å². The smallest absolute Gasteiger partial charge is 0.358 e. The lowest BCUT2D eigenvalue weighted by Gasteiger charge is -2.26. The molecule has 0 aliphatic carbocycles. The molecule has 2 rings (SSSR count). The molecule has 0 fully saturated rings. The van der Waals surface area contributed by atoms with Crippen LogP contribution in [0.1, 0.15) is 96.6 Å². The second kappa shape index (κ2) is 14.4. The second-order valence-electron chi connectivity index (χ2n) is 8.66. The Morgan fingerprint density at radius 3 is 2.17 bits per heavy atom. The van der Waals surface area contributed by atoms with Crippen molar-refractivity contribution < 1.29 is 38.8 Å². The molecule has 0 unspecified atom stereocenters. The van der Waals surface area contributed by atoms with E-state index in [1.807, 2.05) is 20.8 Å². The van der Waals surface area contributed by atoms with Crippen LogP contribution in [0.2, 0.25) is 0 Å². The molecule has 12 heteroatoms. The van der Waals surface area contributed by atoms with Gasteiger partial charge in [0, 0.05) is 10.8 Å². The highest BCUT2D eigenvalue weighted by Crippen LogP contribution is 2.31. The monoisotopic (exact) mass is 542 g/mol. The minimum Gasteiger partial charge on any atom is -0.464 e. The molecule has 0 saturated heterocycles. The average Bonchev–Trinajstić information content (AvgIpc) is 3.55. The third-order valence-electron chi connectivity index (χ3n) is 5.48. The Morgan fingerprint density at radius 1 is 0.972 bits per heavy atom. The molecule has 0 aliphatic rings. The number of aromatic nitrogens is 2. The summed E-state index contributed by atoms with van der Waals surface area (Å²) in [4.78, 5) is 46.0. The van der Waals surface area contributed by atoms with Crippen LogP contribution in [0.5, 0.6) is 0 Å². The molecule has 0 saturated carbocycles. The SMILES string of the molecule is CCCCC[C@H](OC(=O)c1csc([C@H](O)CO)n1)[C@@H](C)C(=O)O[C@H](c1nc(C(=O)OC)cs1)C(C)C. The molecule has 200 valence electrons. The number of rotatable bonds is 14. The van der Waals surface area contributed by atoms with E-state index in [-0.39, 0.29) is 22.3 Å². The molecule has 2 heterocycles. The van der Waals surface area contributed by atoms with E-state index >= 15 is 0 Å². The molecule has 2 N–H and O–H groups in total. The quantitative estimate of drug-likeness (QED) is 0.203. The van der Waals surface area contributed by atoms with Crippen LogP contribution in [0.3, 0.4) is 0 Å². The number of carbonyl (C=O) groups excluding carboxylic acids is 3. The molecule has 36 heavy (non-hydrogen) atoms. The summed E-state index contributed by atoms with van der Waals surface area (Å²) in [5, 5.41) is 22.5. The topological polar surface area (TPSA) is 145 Å². The number of methoxy groups -OCH3 is 1. The minimum atomic E-state index is -1.18. The van der Waals surface area contributed by atoms with Gasteiger partial charge in [-0.05, 0) is 25.7 Å². The van der Waals surface area contributed by atoms with Crippen molar-refractivity contribution in [1.82, 2.24) is 9.97 Å². The van der Waals surface area contributed by atoms with Crippen molar-refractivity contribution in [2.45, 2.75) is 71.7 Å². The van der Waals surface area contributed by atoms with Gasteiger partial charge in [-0.25, -0.2) is 19.6 Å². The summed E-state index contributed by atoms with van der Waals surface area (Å²) >= 11 is 2.24. The highest BCUT2D eigenvalue weighted by atomic mass is 32.1. The molecule has 0 amide bonds. The fourth-order valence-electron chi connectivity index (χ4n) is 3.29. The van der Waals surface area contributed by atoms with Gasteiger partial charge in [0.05, 0.1) is 19.6 Å². The summed E-state index contributed by atoms with van der Waals surface area (Å²) in [7, 11) is 1.27. The molecule has 0 aliphatic heterocycles. The minimum absolute atomic E-state index is 0.00161. The number of hydrogen-bond acceptors (Lipinski definition) is 12. The van der Waals surface area contributed by atoms with Crippen molar-refractivity contribution in [3.05, 3.63) is 32.2 Å². The van der Waals surface area contributed by atoms with Crippen LogP contribution in [0.25, 0.3) is 0 Å². The Hall–Kier alpha value is -2.41. The molecule has 10 nitrogen and oxygen atoms in total. The number of ether oxygens (including phenoxy) is 3. The standard InChI is InChI=1S/C24H34N2O8S2/c1-6-7-8-9-18(33-24(31)16-12-35-20(25-16)17(28)10-27)14(4)22(29)34-19(13(2)3)21-26-15(11-36-21)23(30)32-5/h11-14,17-19,27-28H,6-10H2,1-5H3/t14-,17-,18+,19+/m1/s1. The number of thiazole rings is 2. The van der Waals surface area contributed by atoms with Crippen LogP contribution in [-0.2, 0) is 19.0 Å². The maximum atomic E-state index is 13.1. The van der Waals surface area contributed by atoms with Crippen LogP contribution in [0, 0.1) is 11.8 Å². The van der Waals surface area contributed by atoms with E-state index in [0.29, 0.717) is 11.4 Å². The van der Waals surface area contributed by atoms with Crippen molar-refractivity contribution in [2.75, 3.05) is 13.7 Å². The van der Waals surface area contributed by atoms with Crippen molar-refractivity contribution in [3.8, 4) is 0 Å². The van der Waals surface area contributed by atoms with Crippen molar-refractivity contribution in [1.29, 1.82) is 0 Å². The van der Waals surface area contributed by atoms with Gasteiger partial charge in [0.1, 0.15) is 22.2 Å². The highest BCUT2D eigenvalue weighted by Gasteiger charge is 2.33. The second-order valence-corrected chi connectivity index (χ2v) is 10.4. The Morgan fingerprint density at radius 2 is 1.58 bits per heavy atom. The van der Waals surface area contributed by atoms with E-state index < -0.39 is 48.7 Å². The molecular formula is C24H34N2O8S2. The third-order valence-corrected chi connectivity index (χ3v) is 7.33. The van der Waals surface area contributed by atoms with E-state index in [0.717, 1.165) is 30.6 Å². The molecule has 0 aromatic carbocycles. The van der Waals surface area contributed by atoms with Gasteiger partial charge in [0.25, 0.3) is 0 Å². The van der Waals surface area contributed by atoms with Crippen LogP contribution >= 0.6 is 22.7 Å². The lowest BCUT2D eigenvalue weighted by molar-refractivity contribution is -0.160. The highest BCUT2D eigenvalue weighted by molar-refractivity contribution is 7.10. The third kappa shape index (κ3) is 8.05.